The smallest absolute Gasteiger partial charge is 0.242 e. The van der Waals surface area contributed by atoms with Crippen molar-refractivity contribution in [1.29, 1.82) is 0 Å². The lowest BCUT2D eigenvalue weighted by atomic mass is 10.0. The van der Waals surface area contributed by atoms with Gasteiger partial charge in [0.1, 0.15) is 0 Å². The molecule has 2 fully saturated rings. The monoisotopic (exact) mass is 324 g/mol. The Bertz CT molecular complexity index is 389. The molecule has 1 unspecified atom stereocenters. The van der Waals surface area contributed by atoms with E-state index in [0.29, 0.717) is 6.04 Å². The highest BCUT2D eigenvalue weighted by Gasteiger charge is 2.42. The lowest BCUT2D eigenvalue weighted by Gasteiger charge is -2.18. The molecule has 0 aromatic heterocycles. The average molecular weight is 325 g/mol. The number of hydrogen-bond acceptors (Lipinski definition) is 3. The first-order chi connectivity index (χ1) is 10.6. The van der Waals surface area contributed by atoms with Crippen LogP contribution in [0.25, 0.3) is 0 Å². The van der Waals surface area contributed by atoms with E-state index in [2.05, 4.69) is 19.2 Å². The zero-order valence-corrected chi connectivity index (χ0v) is 15.1. The van der Waals surface area contributed by atoms with E-state index < -0.39 is 0 Å². The van der Waals surface area contributed by atoms with Crippen LogP contribution < -0.4 is 5.32 Å². The molecule has 3 nitrogen and oxygen atoms in total. The number of thioether (sulfide) groups is 1. The Kier molecular flexibility index (Phi) is 7.26. The molecule has 22 heavy (non-hydrogen) atoms. The Labute approximate surface area is 140 Å². The van der Waals surface area contributed by atoms with Crippen molar-refractivity contribution >= 4 is 22.8 Å². The molecule has 4 heteroatoms. The number of carbonyl (C=O) groups is 1. The van der Waals surface area contributed by atoms with Gasteiger partial charge in [-0.05, 0) is 26.2 Å². The maximum absolute atomic E-state index is 12.3. The lowest BCUT2D eigenvalue weighted by molar-refractivity contribution is -0.121. The molecule has 2 aliphatic rings. The van der Waals surface area contributed by atoms with E-state index in [4.69, 9.17) is 4.99 Å². The maximum atomic E-state index is 12.3. The summed E-state index contributed by atoms with van der Waals surface area (Å²) in [7, 11) is 0. The Balaban J connectivity index is 1.83. The summed E-state index contributed by atoms with van der Waals surface area (Å²) >= 11 is 1.67. The molecule has 1 saturated heterocycles. The number of nitrogens with zero attached hydrogens (tertiary/aromatic N) is 1. The van der Waals surface area contributed by atoms with Gasteiger partial charge in [-0.1, -0.05) is 76.5 Å². The summed E-state index contributed by atoms with van der Waals surface area (Å²) in [4.78, 5) is 17.2. The Morgan fingerprint density at radius 3 is 2.50 bits per heavy atom. The van der Waals surface area contributed by atoms with E-state index in [-0.39, 0.29) is 10.7 Å². The minimum atomic E-state index is -0.296. The molecule has 1 heterocycles. The maximum Gasteiger partial charge on any atom is 0.242 e. The number of hydrogen-bond donors (Lipinski definition) is 1. The van der Waals surface area contributed by atoms with Crippen molar-refractivity contribution in [2.24, 2.45) is 4.99 Å². The minimum absolute atomic E-state index is 0.167. The number of carbonyl (C=O) groups excluding carboxylic acids is 1. The molecule has 0 radical (unpaired) electrons. The van der Waals surface area contributed by atoms with E-state index in [1.165, 1.54) is 64.2 Å². The molecular weight excluding hydrogens is 292 g/mol. The van der Waals surface area contributed by atoms with Crippen molar-refractivity contribution in [2.45, 2.75) is 102 Å². The van der Waals surface area contributed by atoms with Crippen molar-refractivity contribution in [2.75, 3.05) is 0 Å². The van der Waals surface area contributed by atoms with Gasteiger partial charge in [0, 0.05) is 0 Å². The summed E-state index contributed by atoms with van der Waals surface area (Å²) in [6.45, 7) is 4.32. The second kappa shape index (κ2) is 8.95. The first kappa shape index (κ1) is 17.8. The summed E-state index contributed by atoms with van der Waals surface area (Å²) in [5.74, 6) is 0.167. The highest BCUT2D eigenvalue weighted by molar-refractivity contribution is 8.16. The van der Waals surface area contributed by atoms with Crippen molar-refractivity contribution < 1.29 is 4.79 Å². The molecule has 0 bridgehead atoms. The van der Waals surface area contributed by atoms with Crippen LogP contribution >= 0.6 is 11.8 Å². The van der Waals surface area contributed by atoms with Crippen molar-refractivity contribution in [3.05, 3.63) is 0 Å². The Morgan fingerprint density at radius 1 is 1.14 bits per heavy atom. The molecule has 1 saturated carbocycles. The van der Waals surface area contributed by atoms with Gasteiger partial charge >= 0.3 is 0 Å². The predicted molar refractivity (Wildman–Crippen MR) is 96.4 cm³/mol. The standard InChI is InChI=1S/C18H32N2OS/c1-3-4-5-8-11-14-18(2)16(21)20-17(22-18)19-15-12-9-6-7-10-13-15/h15H,3-14H2,1-2H3,(H,19,20,21). The summed E-state index contributed by atoms with van der Waals surface area (Å²) < 4.78 is -0.296. The molecule has 1 aliphatic carbocycles. The van der Waals surface area contributed by atoms with E-state index in [0.717, 1.165) is 18.0 Å². The minimum Gasteiger partial charge on any atom is -0.304 e. The highest BCUT2D eigenvalue weighted by Crippen LogP contribution is 2.37. The summed E-state index contributed by atoms with van der Waals surface area (Å²) in [5.41, 5.74) is 0. The van der Waals surface area contributed by atoms with Gasteiger partial charge in [0.05, 0.1) is 10.8 Å². The van der Waals surface area contributed by atoms with E-state index in [1.807, 2.05) is 0 Å². The van der Waals surface area contributed by atoms with Crippen LogP contribution in [0.3, 0.4) is 0 Å². The quantitative estimate of drug-likeness (QED) is 0.526. The van der Waals surface area contributed by atoms with Gasteiger partial charge in [-0.2, -0.15) is 0 Å². The third-order valence-electron chi connectivity index (χ3n) is 4.90. The number of unbranched alkanes of at least 4 members (excludes halogenated alkanes) is 4. The van der Waals surface area contributed by atoms with Crippen molar-refractivity contribution in [1.82, 2.24) is 5.32 Å². The Hall–Kier alpha value is -0.510. The summed E-state index contributed by atoms with van der Waals surface area (Å²) in [6, 6.07) is 0.428. The number of amidine groups is 1. The van der Waals surface area contributed by atoms with Crippen molar-refractivity contribution in [3.63, 3.8) is 0 Å². The number of nitrogens with one attached hydrogen (secondary N) is 1. The van der Waals surface area contributed by atoms with E-state index in [1.54, 1.807) is 11.8 Å². The molecule has 0 aromatic carbocycles. The first-order valence-electron chi connectivity index (χ1n) is 9.22. The van der Waals surface area contributed by atoms with Crippen LogP contribution in [0.2, 0.25) is 0 Å². The zero-order valence-electron chi connectivity index (χ0n) is 14.3. The lowest BCUT2D eigenvalue weighted by Crippen LogP contribution is -2.33. The summed E-state index contributed by atoms with van der Waals surface area (Å²) in [6.07, 6.45) is 14.9. The van der Waals surface area contributed by atoms with E-state index >= 15 is 0 Å². The molecule has 0 spiro atoms. The summed E-state index contributed by atoms with van der Waals surface area (Å²) in [5, 5.41) is 3.92. The van der Waals surface area contributed by atoms with Gasteiger partial charge in [0.15, 0.2) is 5.17 Å². The van der Waals surface area contributed by atoms with Crippen LogP contribution in [-0.4, -0.2) is 21.9 Å². The van der Waals surface area contributed by atoms with E-state index in [9.17, 15) is 4.79 Å². The fourth-order valence-corrected chi connectivity index (χ4v) is 4.52. The van der Waals surface area contributed by atoms with Gasteiger partial charge in [-0.15, -0.1) is 0 Å². The van der Waals surface area contributed by atoms with Gasteiger partial charge in [-0.3, -0.25) is 9.79 Å². The zero-order chi connectivity index (χ0) is 15.8. The third kappa shape index (κ3) is 5.29. The molecule has 126 valence electrons. The van der Waals surface area contributed by atoms with Gasteiger partial charge in [0.25, 0.3) is 0 Å². The first-order valence-corrected chi connectivity index (χ1v) is 10.0. The average Bonchev–Trinajstić information content (AvgIpc) is 2.68. The molecular formula is C18H32N2OS. The molecule has 1 amide bonds. The van der Waals surface area contributed by atoms with Crippen LogP contribution in [-0.2, 0) is 4.79 Å². The fourth-order valence-electron chi connectivity index (χ4n) is 3.36. The largest absolute Gasteiger partial charge is 0.304 e. The topological polar surface area (TPSA) is 41.5 Å². The van der Waals surface area contributed by atoms with Gasteiger partial charge < -0.3 is 5.32 Å². The van der Waals surface area contributed by atoms with Crippen LogP contribution in [0.4, 0.5) is 0 Å². The van der Waals surface area contributed by atoms with Crippen LogP contribution in [0.5, 0.6) is 0 Å². The number of rotatable bonds is 7. The highest BCUT2D eigenvalue weighted by atomic mass is 32.2. The SMILES string of the molecule is CCCCCCCC1(C)SC(=NC2CCCCCC2)NC1=O. The second-order valence-electron chi connectivity index (χ2n) is 7.03. The Morgan fingerprint density at radius 2 is 1.82 bits per heavy atom. The molecule has 1 N–H and O–H groups in total. The van der Waals surface area contributed by atoms with Crippen LogP contribution in [0, 0.1) is 0 Å². The number of aliphatic imine (C=N–C) groups is 1. The molecule has 1 aliphatic heterocycles. The fraction of sp³-hybridized carbons (Fsp3) is 0.889. The van der Waals surface area contributed by atoms with Crippen molar-refractivity contribution in [3.8, 4) is 0 Å². The van der Waals surface area contributed by atoms with Gasteiger partial charge in [-0.25, -0.2) is 0 Å². The third-order valence-corrected chi connectivity index (χ3v) is 6.15. The molecule has 0 aromatic rings. The molecule has 2 rings (SSSR count). The normalized spacial score (nSPS) is 28.8. The van der Waals surface area contributed by atoms with Gasteiger partial charge in [0.2, 0.25) is 5.91 Å². The predicted octanol–water partition coefficient (Wildman–Crippen LogP) is 5.05. The number of amides is 1. The van der Waals surface area contributed by atoms with Crippen LogP contribution in [0.15, 0.2) is 4.99 Å². The molecule has 1 atom stereocenters. The second-order valence-corrected chi connectivity index (χ2v) is 8.52. The van der Waals surface area contributed by atoms with Crippen LogP contribution in [0.1, 0.15) is 90.9 Å².